The molecule has 0 spiro atoms. The van der Waals surface area contributed by atoms with Crippen LogP contribution in [-0.2, 0) is 4.79 Å². The van der Waals surface area contributed by atoms with Gasteiger partial charge in [0.05, 0.1) is 15.9 Å². The van der Waals surface area contributed by atoms with Gasteiger partial charge in [-0.05, 0) is 18.9 Å². The molecule has 1 fully saturated rings. The van der Waals surface area contributed by atoms with Gasteiger partial charge in [0, 0.05) is 12.5 Å². The maximum atomic E-state index is 11.4. The maximum Gasteiger partial charge on any atom is 0.301 e. The number of rotatable bonds is 4. The molecule has 0 unspecified atom stereocenters. The van der Waals surface area contributed by atoms with Crippen molar-refractivity contribution in [3.8, 4) is 0 Å². The van der Waals surface area contributed by atoms with E-state index in [0.717, 1.165) is 12.1 Å². The fourth-order valence-electron chi connectivity index (χ4n) is 1.83. The van der Waals surface area contributed by atoms with Crippen LogP contribution in [0, 0.1) is 20.2 Å². The summed E-state index contributed by atoms with van der Waals surface area (Å²) in [5.74, 6) is -0.0953. The highest BCUT2D eigenvalue weighted by Crippen LogP contribution is 2.29. The number of Topliss-reactive ketones (excluding diaryl/α,β-unsaturated/α-hetero) is 1. The van der Waals surface area contributed by atoms with Gasteiger partial charge in [-0.3, -0.25) is 30.4 Å². The summed E-state index contributed by atoms with van der Waals surface area (Å²) in [4.78, 5) is 31.4. The van der Waals surface area contributed by atoms with E-state index in [-0.39, 0.29) is 17.2 Å². The highest BCUT2D eigenvalue weighted by atomic mass is 16.6. The normalized spacial score (nSPS) is 16.4. The van der Waals surface area contributed by atoms with Crippen molar-refractivity contribution in [2.45, 2.75) is 19.3 Å². The number of hydrazone groups is 1. The standard InChI is InChI=1S/C11H10N4O5/c16-11-3-1-2-9(11)13-12-8-5-4-7(14(17)18)6-10(8)15(19)20/h4-6,12H,1-3H2/b13-9-. The van der Waals surface area contributed by atoms with Gasteiger partial charge in [-0.25, -0.2) is 0 Å². The first-order valence-corrected chi connectivity index (χ1v) is 5.77. The smallest absolute Gasteiger partial charge is 0.293 e. The summed E-state index contributed by atoms with van der Waals surface area (Å²) in [5, 5.41) is 25.3. The van der Waals surface area contributed by atoms with E-state index in [1.807, 2.05) is 0 Å². The first-order valence-electron chi connectivity index (χ1n) is 5.77. The van der Waals surface area contributed by atoms with Crippen molar-refractivity contribution in [1.82, 2.24) is 0 Å². The number of hydrogen-bond donors (Lipinski definition) is 1. The van der Waals surface area contributed by atoms with E-state index in [1.165, 1.54) is 6.07 Å². The van der Waals surface area contributed by atoms with Crippen LogP contribution in [0.3, 0.4) is 0 Å². The Morgan fingerprint density at radius 2 is 1.90 bits per heavy atom. The first-order chi connectivity index (χ1) is 9.49. The molecule has 9 nitrogen and oxygen atoms in total. The molecule has 20 heavy (non-hydrogen) atoms. The number of hydrogen-bond acceptors (Lipinski definition) is 7. The topological polar surface area (TPSA) is 128 Å². The largest absolute Gasteiger partial charge is 0.301 e. The molecule has 1 saturated carbocycles. The Morgan fingerprint density at radius 3 is 2.45 bits per heavy atom. The number of nitro benzene ring substituents is 2. The minimum absolute atomic E-state index is 0.00722. The molecule has 1 aliphatic rings. The average Bonchev–Trinajstić information content (AvgIpc) is 2.81. The van der Waals surface area contributed by atoms with Gasteiger partial charge in [0.1, 0.15) is 11.4 Å². The van der Waals surface area contributed by atoms with E-state index in [9.17, 15) is 25.0 Å². The molecule has 1 aromatic rings. The highest BCUT2D eigenvalue weighted by Gasteiger charge is 2.21. The monoisotopic (exact) mass is 278 g/mol. The lowest BCUT2D eigenvalue weighted by molar-refractivity contribution is -0.393. The van der Waals surface area contributed by atoms with Gasteiger partial charge in [-0.15, -0.1) is 0 Å². The Labute approximate surface area is 112 Å². The quantitative estimate of drug-likeness (QED) is 0.662. The molecule has 0 bridgehead atoms. The molecule has 1 aromatic carbocycles. The number of anilines is 1. The number of non-ortho nitro benzene ring substituents is 1. The van der Waals surface area contributed by atoms with Gasteiger partial charge in [0.15, 0.2) is 5.78 Å². The lowest BCUT2D eigenvalue weighted by atomic mass is 10.2. The van der Waals surface area contributed by atoms with E-state index >= 15 is 0 Å². The number of ketones is 1. The lowest BCUT2D eigenvalue weighted by Crippen LogP contribution is -2.08. The summed E-state index contributed by atoms with van der Waals surface area (Å²) in [5.41, 5.74) is 1.93. The summed E-state index contributed by atoms with van der Waals surface area (Å²) in [6, 6.07) is 3.17. The summed E-state index contributed by atoms with van der Waals surface area (Å²) in [7, 11) is 0. The number of carbonyl (C=O) groups excluding carboxylic acids is 1. The number of nitrogens with one attached hydrogen (secondary N) is 1. The van der Waals surface area contributed by atoms with Crippen molar-refractivity contribution < 1.29 is 14.6 Å². The van der Waals surface area contributed by atoms with Crippen LogP contribution in [0.1, 0.15) is 19.3 Å². The van der Waals surface area contributed by atoms with E-state index in [0.29, 0.717) is 25.0 Å². The van der Waals surface area contributed by atoms with Crippen LogP contribution < -0.4 is 5.43 Å². The molecule has 2 rings (SSSR count). The zero-order chi connectivity index (χ0) is 14.7. The van der Waals surface area contributed by atoms with Crippen molar-refractivity contribution in [2.75, 3.05) is 5.43 Å². The molecule has 0 saturated heterocycles. The fourth-order valence-corrected chi connectivity index (χ4v) is 1.83. The third-order valence-electron chi connectivity index (χ3n) is 2.84. The lowest BCUT2D eigenvalue weighted by Gasteiger charge is -2.02. The fraction of sp³-hybridized carbons (Fsp3) is 0.273. The second kappa shape index (κ2) is 5.43. The van der Waals surface area contributed by atoms with Gasteiger partial charge >= 0.3 is 5.69 Å². The first kappa shape index (κ1) is 13.6. The number of nitrogens with zero attached hydrogens (tertiary/aromatic N) is 3. The van der Waals surface area contributed by atoms with Gasteiger partial charge in [0.2, 0.25) is 0 Å². The van der Waals surface area contributed by atoms with E-state index in [2.05, 4.69) is 10.5 Å². The van der Waals surface area contributed by atoms with Gasteiger partial charge in [-0.2, -0.15) is 5.10 Å². The molecular weight excluding hydrogens is 268 g/mol. The summed E-state index contributed by atoms with van der Waals surface area (Å²) in [6.45, 7) is 0. The number of benzene rings is 1. The molecule has 0 aromatic heterocycles. The zero-order valence-electron chi connectivity index (χ0n) is 10.2. The van der Waals surface area contributed by atoms with Crippen LogP contribution in [0.15, 0.2) is 23.3 Å². The number of carbonyl (C=O) groups is 1. The second-order valence-electron chi connectivity index (χ2n) is 4.16. The van der Waals surface area contributed by atoms with Crippen LogP contribution in [0.4, 0.5) is 17.1 Å². The Morgan fingerprint density at radius 1 is 1.15 bits per heavy atom. The van der Waals surface area contributed by atoms with Crippen molar-refractivity contribution in [1.29, 1.82) is 0 Å². The van der Waals surface area contributed by atoms with Crippen LogP contribution >= 0.6 is 0 Å². The molecule has 104 valence electrons. The average molecular weight is 278 g/mol. The van der Waals surface area contributed by atoms with Crippen LogP contribution in [0.5, 0.6) is 0 Å². The summed E-state index contributed by atoms with van der Waals surface area (Å²) in [6.07, 6.45) is 1.65. The van der Waals surface area contributed by atoms with Gasteiger partial charge in [0.25, 0.3) is 5.69 Å². The third kappa shape index (κ3) is 2.76. The van der Waals surface area contributed by atoms with Crippen LogP contribution in [0.2, 0.25) is 0 Å². The SMILES string of the molecule is O=C1CCC/C1=N/Nc1ccc([N+](=O)[O-])cc1[N+](=O)[O-]. The minimum Gasteiger partial charge on any atom is -0.293 e. The molecule has 0 aliphatic heterocycles. The van der Waals surface area contributed by atoms with E-state index < -0.39 is 15.5 Å². The zero-order valence-corrected chi connectivity index (χ0v) is 10.2. The van der Waals surface area contributed by atoms with E-state index in [4.69, 9.17) is 0 Å². The molecule has 1 aliphatic carbocycles. The third-order valence-corrected chi connectivity index (χ3v) is 2.84. The molecular formula is C11H10N4O5. The highest BCUT2D eigenvalue weighted by molar-refractivity contribution is 6.41. The van der Waals surface area contributed by atoms with Crippen molar-refractivity contribution in [3.63, 3.8) is 0 Å². The predicted octanol–water partition coefficient (Wildman–Crippen LogP) is 2.02. The molecule has 9 heteroatoms. The van der Waals surface area contributed by atoms with Crippen LogP contribution in [-0.4, -0.2) is 21.3 Å². The van der Waals surface area contributed by atoms with Crippen molar-refractivity contribution in [3.05, 3.63) is 38.4 Å². The maximum absolute atomic E-state index is 11.4. The molecule has 0 radical (unpaired) electrons. The van der Waals surface area contributed by atoms with E-state index in [1.54, 1.807) is 0 Å². The van der Waals surface area contributed by atoms with Gasteiger partial charge < -0.3 is 0 Å². The molecule has 0 amide bonds. The minimum atomic E-state index is -0.744. The Bertz CT molecular complexity index is 625. The number of nitro groups is 2. The molecule has 0 atom stereocenters. The second-order valence-corrected chi connectivity index (χ2v) is 4.16. The Balaban J connectivity index is 2.29. The van der Waals surface area contributed by atoms with Crippen molar-refractivity contribution >= 4 is 28.6 Å². The Hall–Kier alpha value is -2.84. The van der Waals surface area contributed by atoms with Crippen molar-refractivity contribution in [2.24, 2.45) is 5.10 Å². The molecule has 1 N–H and O–H groups in total. The van der Waals surface area contributed by atoms with Gasteiger partial charge in [-0.1, -0.05) is 0 Å². The molecule has 0 heterocycles. The predicted molar refractivity (Wildman–Crippen MR) is 69.7 cm³/mol. The summed E-state index contributed by atoms with van der Waals surface area (Å²) >= 11 is 0. The Kier molecular flexibility index (Phi) is 3.69. The van der Waals surface area contributed by atoms with Crippen LogP contribution in [0.25, 0.3) is 0 Å². The summed E-state index contributed by atoms with van der Waals surface area (Å²) < 4.78 is 0.